The highest BCUT2D eigenvalue weighted by atomic mass is 16.5. The number of benzene rings is 1. The van der Waals surface area contributed by atoms with Crippen LogP contribution in [0, 0.1) is 13.8 Å². The highest BCUT2D eigenvalue weighted by Crippen LogP contribution is 2.21. The number of anilines is 1. The molecule has 1 aliphatic heterocycles. The lowest BCUT2D eigenvalue weighted by Crippen LogP contribution is -2.44. The summed E-state index contributed by atoms with van der Waals surface area (Å²) in [4.78, 5) is 49.4. The molecule has 0 bridgehead atoms. The molecule has 0 aliphatic carbocycles. The van der Waals surface area contributed by atoms with Crippen molar-refractivity contribution in [3.8, 4) is 0 Å². The van der Waals surface area contributed by atoms with Gasteiger partial charge in [-0.05, 0) is 45.7 Å². The second-order valence-corrected chi connectivity index (χ2v) is 6.95. The molecule has 2 N–H and O–H groups in total. The summed E-state index contributed by atoms with van der Waals surface area (Å²) in [5, 5.41) is 5.26. The Hall–Kier alpha value is -2.90. The van der Waals surface area contributed by atoms with Gasteiger partial charge in [0.2, 0.25) is 0 Å². The second kappa shape index (κ2) is 7.77. The molecule has 1 heterocycles. The number of hydrogen-bond donors (Lipinski definition) is 2. The van der Waals surface area contributed by atoms with E-state index < -0.39 is 42.0 Å². The Balaban J connectivity index is 1.94. The molecule has 2 rings (SSSR count). The van der Waals surface area contributed by atoms with Crippen molar-refractivity contribution in [3.05, 3.63) is 29.3 Å². The van der Waals surface area contributed by atoms with Gasteiger partial charge < -0.3 is 15.4 Å². The van der Waals surface area contributed by atoms with Crippen molar-refractivity contribution in [2.24, 2.45) is 0 Å². The van der Waals surface area contributed by atoms with E-state index in [1.54, 1.807) is 19.9 Å². The van der Waals surface area contributed by atoms with E-state index in [0.29, 0.717) is 12.1 Å². The van der Waals surface area contributed by atoms with E-state index in [4.69, 9.17) is 4.74 Å². The summed E-state index contributed by atoms with van der Waals surface area (Å²) in [6.07, 6.45) is -0.672. The minimum Gasteiger partial charge on any atom is -0.451 e. The van der Waals surface area contributed by atoms with Gasteiger partial charge in [0.05, 0.1) is 0 Å². The molecule has 1 aliphatic rings. The molecule has 27 heavy (non-hydrogen) atoms. The Morgan fingerprint density at radius 2 is 1.96 bits per heavy atom. The lowest BCUT2D eigenvalue weighted by atomic mass is 9.99. The fourth-order valence-corrected chi connectivity index (χ4v) is 2.74. The van der Waals surface area contributed by atoms with Crippen molar-refractivity contribution in [3.63, 3.8) is 0 Å². The number of nitrogens with one attached hydrogen (secondary N) is 2. The molecule has 0 spiro atoms. The number of ether oxygens (including phenoxy) is 1. The summed E-state index contributed by atoms with van der Waals surface area (Å²) in [6.45, 7) is 8.06. The van der Waals surface area contributed by atoms with Gasteiger partial charge >= 0.3 is 12.0 Å². The van der Waals surface area contributed by atoms with Gasteiger partial charge in [-0.25, -0.2) is 4.79 Å². The Kier molecular flexibility index (Phi) is 5.88. The highest BCUT2D eigenvalue weighted by molar-refractivity contribution is 6.08. The van der Waals surface area contributed by atoms with Crippen LogP contribution < -0.4 is 10.6 Å². The minimum absolute atomic E-state index is 0.401. The molecule has 1 aromatic rings. The van der Waals surface area contributed by atoms with Crippen LogP contribution in [0.15, 0.2) is 18.2 Å². The third-order valence-corrected chi connectivity index (χ3v) is 4.66. The van der Waals surface area contributed by atoms with Crippen molar-refractivity contribution < 1.29 is 23.9 Å². The van der Waals surface area contributed by atoms with Crippen molar-refractivity contribution in [2.45, 2.75) is 52.7 Å². The first-order valence-corrected chi connectivity index (χ1v) is 8.79. The lowest BCUT2D eigenvalue weighted by Gasteiger charge is -2.19. The summed E-state index contributed by atoms with van der Waals surface area (Å²) >= 11 is 0. The third kappa shape index (κ3) is 4.45. The number of hydrogen-bond acceptors (Lipinski definition) is 5. The molecular weight excluding hydrogens is 350 g/mol. The lowest BCUT2D eigenvalue weighted by molar-refractivity contribution is -0.155. The Morgan fingerprint density at radius 1 is 1.30 bits per heavy atom. The highest BCUT2D eigenvalue weighted by Gasteiger charge is 2.47. The average molecular weight is 375 g/mol. The van der Waals surface area contributed by atoms with Gasteiger partial charge in [0.25, 0.3) is 11.8 Å². The zero-order chi connectivity index (χ0) is 20.4. The van der Waals surface area contributed by atoms with Crippen LogP contribution in [0.1, 0.15) is 38.3 Å². The van der Waals surface area contributed by atoms with Crippen LogP contribution in [0.5, 0.6) is 0 Å². The first-order chi connectivity index (χ1) is 12.6. The van der Waals surface area contributed by atoms with Crippen LogP contribution in [0.2, 0.25) is 0 Å². The normalized spacial score (nSPS) is 20.3. The molecule has 0 unspecified atom stereocenters. The van der Waals surface area contributed by atoms with Gasteiger partial charge in [0.15, 0.2) is 6.10 Å². The number of carbonyl (C=O) groups is 4. The number of urea groups is 1. The van der Waals surface area contributed by atoms with E-state index >= 15 is 0 Å². The Morgan fingerprint density at radius 3 is 2.52 bits per heavy atom. The zero-order valence-corrected chi connectivity index (χ0v) is 16.2. The van der Waals surface area contributed by atoms with Gasteiger partial charge in [-0.2, -0.15) is 0 Å². The molecular formula is C19H25N3O5. The second-order valence-electron chi connectivity index (χ2n) is 6.95. The topological polar surface area (TPSA) is 105 Å². The van der Waals surface area contributed by atoms with Crippen LogP contribution in [0.4, 0.5) is 10.5 Å². The predicted octanol–water partition coefficient (Wildman–Crippen LogP) is 1.89. The van der Waals surface area contributed by atoms with Crippen molar-refractivity contribution in [2.75, 3.05) is 11.9 Å². The van der Waals surface area contributed by atoms with Gasteiger partial charge in [-0.15, -0.1) is 0 Å². The molecule has 4 amide bonds. The summed E-state index contributed by atoms with van der Waals surface area (Å²) < 4.78 is 5.08. The largest absolute Gasteiger partial charge is 0.451 e. The van der Waals surface area contributed by atoms with Crippen LogP contribution in [0.25, 0.3) is 0 Å². The molecule has 1 fully saturated rings. The maximum atomic E-state index is 12.3. The summed E-state index contributed by atoms with van der Waals surface area (Å²) in [5.41, 5.74) is 1.56. The quantitative estimate of drug-likeness (QED) is 0.584. The fourth-order valence-electron chi connectivity index (χ4n) is 2.74. The van der Waals surface area contributed by atoms with Crippen molar-refractivity contribution in [1.29, 1.82) is 0 Å². The SMILES string of the molecule is CC[C@]1(C)NC(=O)N(CC(=O)O[C@@H](C)C(=O)Nc2ccc(C)cc2C)C1=O. The van der Waals surface area contributed by atoms with E-state index in [2.05, 4.69) is 10.6 Å². The van der Waals surface area contributed by atoms with Gasteiger partial charge in [0.1, 0.15) is 12.1 Å². The standard InChI is InChI=1S/C19H25N3O5/c1-6-19(5)17(25)22(18(26)21-19)10-15(23)27-13(4)16(24)20-14-8-7-11(2)9-12(14)3/h7-9,13H,6,10H2,1-5H3,(H,20,24)(H,21,26)/t13-,19-/m0/s1. The number of aryl methyl sites for hydroxylation is 2. The molecule has 0 radical (unpaired) electrons. The molecule has 1 aromatic carbocycles. The Labute approximate surface area is 158 Å². The number of amides is 4. The zero-order valence-electron chi connectivity index (χ0n) is 16.2. The molecule has 8 nitrogen and oxygen atoms in total. The molecule has 8 heteroatoms. The first kappa shape index (κ1) is 20.4. The van der Waals surface area contributed by atoms with E-state index in [0.717, 1.165) is 16.0 Å². The number of rotatable bonds is 6. The molecule has 1 saturated heterocycles. The predicted molar refractivity (Wildman–Crippen MR) is 99.0 cm³/mol. The molecule has 0 aromatic heterocycles. The van der Waals surface area contributed by atoms with Crippen LogP contribution in [0.3, 0.4) is 0 Å². The summed E-state index contributed by atoms with van der Waals surface area (Å²) in [6, 6.07) is 4.92. The van der Waals surface area contributed by atoms with E-state index in [1.165, 1.54) is 6.92 Å². The van der Waals surface area contributed by atoms with Crippen molar-refractivity contribution >= 4 is 29.5 Å². The number of carbonyl (C=O) groups excluding carboxylic acids is 4. The maximum Gasteiger partial charge on any atom is 0.327 e. The smallest absolute Gasteiger partial charge is 0.327 e. The van der Waals surface area contributed by atoms with Gasteiger partial charge in [-0.3, -0.25) is 19.3 Å². The van der Waals surface area contributed by atoms with E-state index in [1.807, 2.05) is 26.0 Å². The average Bonchev–Trinajstić information content (AvgIpc) is 2.81. The maximum absolute atomic E-state index is 12.3. The first-order valence-electron chi connectivity index (χ1n) is 8.79. The number of esters is 1. The van der Waals surface area contributed by atoms with Crippen LogP contribution in [-0.2, 0) is 19.1 Å². The van der Waals surface area contributed by atoms with Crippen molar-refractivity contribution in [1.82, 2.24) is 10.2 Å². The van der Waals surface area contributed by atoms with Gasteiger partial charge in [0, 0.05) is 5.69 Å². The number of nitrogens with zero attached hydrogens (tertiary/aromatic N) is 1. The summed E-state index contributed by atoms with van der Waals surface area (Å²) in [5.74, 6) is -1.81. The molecule has 146 valence electrons. The van der Waals surface area contributed by atoms with Gasteiger partial charge in [-0.1, -0.05) is 24.6 Å². The monoisotopic (exact) mass is 375 g/mol. The minimum atomic E-state index is -1.07. The van der Waals surface area contributed by atoms with E-state index in [9.17, 15) is 19.2 Å². The molecule has 0 saturated carbocycles. The Bertz CT molecular complexity index is 792. The molecule has 2 atom stereocenters. The van der Waals surface area contributed by atoms with Crippen LogP contribution in [-0.4, -0.2) is 46.9 Å². The van der Waals surface area contributed by atoms with Crippen LogP contribution >= 0.6 is 0 Å². The van der Waals surface area contributed by atoms with E-state index in [-0.39, 0.29) is 0 Å². The number of imide groups is 1. The fraction of sp³-hybridized carbons (Fsp3) is 0.474. The summed E-state index contributed by atoms with van der Waals surface area (Å²) in [7, 11) is 0. The third-order valence-electron chi connectivity index (χ3n) is 4.66.